The highest BCUT2D eigenvalue weighted by Crippen LogP contribution is 2.42. The van der Waals surface area contributed by atoms with Gasteiger partial charge in [0.2, 0.25) is 5.69 Å². The van der Waals surface area contributed by atoms with Crippen LogP contribution < -0.4 is 16.2 Å². The molecule has 0 aliphatic carbocycles. The van der Waals surface area contributed by atoms with Crippen molar-refractivity contribution in [2.24, 2.45) is 5.73 Å². The lowest BCUT2D eigenvalue weighted by Crippen LogP contribution is -2.36. The van der Waals surface area contributed by atoms with Gasteiger partial charge in [0.25, 0.3) is 0 Å². The lowest BCUT2D eigenvalue weighted by molar-refractivity contribution is -0.146. The molecule has 0 radical (unpaired) electrons. The first kappa shape index (κ1) is 29.8. The van der Waals surface area contributed by atoms with Crippen molar-refractivity contribution in [1.29, 1.82) is 5.26 Å². The summed E-state index contributed by atoms with van der Waals surface area (Å²) in [7, 11) is 0. The number of benzene rings is 2. The van der Waals surface area contributed by atoms with Crippen LogP contribution in [0.25, 0.3) is 26.5 Å². The Bertz CT molecular complexity index is 1620. The molecule has 13 heteroatoms. The average Bonchev–Trinajstić information content (AvgIpc) is 3.47. The van der Waals surface area contributed by atoms with Crippen LogP contribution in [0.15, 0.2) is 58.9 Å². The van der Waals surface area contributed by atoms with E-state index in [-0.39, 0.29) is 30.3 Å². The number of thioether (sulfide) groups is 1. The summed E-state index contributed by atoms with van der Waals surface area (Å²) < 4.78 is 10.5. The van der Waals surface area contributed by atoms with E-state index in [0.717, 1.165) is 16.3 Å². The van der Waals surface area contributed by atoms with Crippen molar-refractivity contribution < 1.29 is 19.4 Å². The quantitative estimate of drug-likeness (QED) is 0.0910. The number of aromatic nitrogens is 2. The molecule has 208 valence electrons. The molecule has 0 bridgehead atoms. The summed E-state index contributed by atoms with van der Waals surface area (Å²) in [4.78, 5) is 24.1. The fourth-order valence-corrected chi connectivity index (χ4v) is 5.56. The van der Waals surface area contributed by atoms with Gasteiger partial charge in [-0.15, -0.1) is 11.3 Å². The van der Waals surface area contributed by atoms with Crippen LogP contribution in [0, 0.1) is 17.9 Å². The third-order valence-electron chi connectivity index (χ3n) is 5.63. The van der Waals surface area contributed by atoms with Crippen molar-refractivity contribution in [2.45, 2.75) is 16.8 Å². The van der Waals surface area contributed by atoms with E-state index in [9.17, 15) is 10.1 Å². The Kier molecular flexibility index (Phi) is 10.1. The molecule has 1 atom stereocenters. The van der Waals surface area contributed by atoms with E-state index in [1.807, 2.05) is 29.6 Å². The van der Waals surface area contributed by atoms with E-state index in [1.165, 1.54) is 23.1 Å². The molecule has 2 heterocycles. The predicted octanol–water partition coefficient (Wildman–Crippen LogP) is 5.06. The number of nitrogen functional groups attached to an aromatic ring is 1. The zero-order valence-corrected chi connectivity index (χ0v) is 23.8. The molecule has 10 nitrogen and oxygen atoms in total. The maximum atomic E-state index is 11.5. The van der Waals surface area contributed by atoms with Crippen molar-refractivity contribution in [3.05, 3.63) is 81.6 Å². The lowest BCUT2D eigenvalue weighted by Gasteiger charge is -2.14. The fraction of sp³-hybridized carbons (Fsp3) is 0.179. The molecule has 5 N–H and O–H groups in total. The smallest absolute Gasteiger partial charge is 0.325 e. The molecule has 0 aliphatic rings. The summed E-state index contributed by atoms with van der Waals surface area (Å²) in [6.45, 7) is 7.18. The van der Waals surface area contributed by atoms with Gasteiger partial charge in [0, 0.05) is 27.3 Å². The fourth-order valence-electron chi connectivity index (χ4n) is 3.62. The average molecular weight is 607 g/mol. The number of esters is 1. The number of halogens is 1. The van der Waals surface area contributed by atoms with E-state index in [0.29, 0.717) is 32.7 Å². The van der Waals surface area contributed by atoms with Gasteiger partial charge in [-0.3, -0.25) is 4.79 Å². The van der Waals surface area contributed by atoms with Gasteiger partial charge in [0.15, 0.2) is 0 Å². The van der Waals surface area contributed by atoms with Crippen molar-refractivity contribution in [3.63, 3.8) is 0 Å². The summed E-state index contributed by atoms with van der Waals surface area (Å²) in [6.07, 6.45) is 0. The third-order valence-corrected chi connectivity index (χ3v) is 7.83. The number of hydrogen-bond donors (Lipinski definition) is 3. The zero-order chi connectivity index (χ0) is 29.4. The molecule has 2 aromatic carbocycles. The van der Waals surface area contributed by atoms with Gasteiger partial charge in [-0.25, -0.2) is 14.8 Å². The van der Waals surface area contributed by atoms with Crippen molar-refractivity contribution >= 4 is 52.2 Å². The minimum absolute atomic E-state index is 0.0276. The molecule has 0 unspecified atom stereocenters. The number of anilines is 1. The number of pyridine rings is 1. The van der Waals surface area contributed by atoms with Crippen LogP contribution in [-0.2, 0) is 15.3 Å². The van der Waals surface area contributed by atoms with Crippen LogP contribution in [0.2, 0.25) is 5.02 Å². The number of aliphatic hydroxyl groups excluding tert-OH is 1. The Morgan fingerprint density at radius 1 is 1.17 bits per heavy atom. The Morgan fingerprint density at radius 3 is 2.54 bits per heavy atom. The highest BCUT2D eigenvalue weighted by molar-refractivity contribution is 7.98. The molecule has 0 saturated heterocycles. The first-order valence-electron chi connectivity index (χ1n) is 12.0. The van der Waals surface area contributed by atoms with Crippen LogP contribution in [0.3, 0.4) is 0 Å². The van der Waals surface area contributed by atoms with Gasteiger partial charge in [0.05, 0.1) is 24.4 Å². The van der Waals surface area contributed by atoms with Gasteiger partial charge in [-0.1, -0.05) is 47.6 Å². The molecule has 4 aromatic rings. The molecular weight excluding hydrogens is 584 g/mol. The summed E-state index contributed by atoms with van der Waals surface area (Å²) in [6, 6.07) is 15.3. The monoisotopic (exact) mass is 606 g/mol. The number of hydrogen-bond acceptors (Lipinski definition) is 11. The molecule has 41 heavy (non-hydrogen) atoms. The number of nitrogens with zero attached hydrogens (tertiary/aromatic N) is 4. The highest BCUT2D eigenvalue weighted by Gasteiger charge is 2.21. The summed E-state index contributed by atoms with van der Waals surface area (Å²) >= 11 is 8.81. The van der Waals surface area contributed by atoms with E-state index in [1.54, 1.807) is 24.3 Å². The Labute approximate surface area is 249 Å². The van der Waals surface area contributed by atoms with Gasteiger partial charge in [-0.05, 0) is 29.8 Å². The van der Waals surface area contributed by atoms with Crippen molar-refractivity contribution in [2.75, 3.05) is 25.6 Å². The molecule has 0 aliphatic heterocycles. The molecule has 0 spiro atoms. The largest absolute Gasteiger partial charge is 0.490 e. The number of ether oxygens (including phenoxy) is 2. The van der Waals surface area contributed by atoms with Crippen molar-refractivity contribution in [1.82, 2.24) is 9.97 Å². The van der Waals surface area contributed by atoms with Gasteiger partial charge in [-0.2, -0.15) is 5.26 Å². The zero-order valence-electron chi connectivity index (χ0n) is 21.4. The summed E-state index contributed by atoms with van der Waals surface area (Å²) in [5.74, 6) is 0.237. The molecule has 2 aromatic heterocycles. The van der Waals surface area contributed by atoms with Crippen LogP contribution in [0.5, 0.6) is 5.75 Å². The number of thiazole rings is 1. The van der Waals surface area contributed by atoms with Crippen LogP contribution in [0.1, 0.15) is 11.3 Å². The molecular formula is C28H23ClN6O4S2. The molecule has 0 fully saturated rings. The Balaban J connectivity index is 1.50. The third kappa shape index (κ3) is 7.32. The van der Waals surface area contributed by atoms with Gasteiger partial charge >= 0.3 is 5.97 Å². The van der Waals surface area contributed by atoms with Crippen LogP contribution in [-0.4, -0.2) is 46.9 Å². The van der Waals surface area contributed by atoms with E-state index in [2.05, 4.69) is 20.9 Å². The number of rotatable bonds is 11. The highest BCUT2D eigenvalue weighted by atomic mass is 35.5. The van der Waals surface area contributed by atoms with Gasteiger partial charge in [0.1, 0.15) is 46.9 Å². The van der Waals surface area contributed by atoms with Crippen LogP contribution >= 0.6 is 34.7 Å². The number of nitriles is 1. The second-order valence-corrected chi connectivity index (χ2v) is 10.7. The second-order valence-electron chi connectivity index (χ2n) is 8.39. The number of carbonyl (C=O) groups excluding carboxylic acids is 1. The van der Waals surface area contributed by atoms with Gasteiger partial charge < -0.3 is 26.0 Å². The number of aliphatic hydroxyl groups is 1. The second kappa shape index (κ2) is 13.9. The normalized spacial score (nSPS) is 11.3. The maximum Gasteiger partial charge on any atom is 0.325 e. The molecule has 4 rings (SSSR count). The first-order valence-corrected chi connectivity index (χ1v) is 14.3. The number of carbonyl (C=O) groups is 1. The maximum absolute atomic E-state index is 11.5. The Hall–Kier alpha value is -4.17. The van der Waals surface area contributed by atoms with E-state index in [4.69, 9.17) is 44.2 Å². The van der Waals surface area contributed by atoms with Crippen molar-refractivity contribution in [3.8, 4) is 33.5 Å². The summed E-state index contributed by atoms with van der Waals surface area (Å²) in [5.41, 5.74) is 14.6. The standard InChI is InChI=1S/C28H23ClN6O4S2/c1-33-24-23(16-4-8-20(9-5-16)38-10-11-39-28(37)22(31)13-36)21(12-30)27(35-25(24)32)41-15-19-14-40-26(34-19)17-2-6-18(29)7-3-17/h2-9,14,22,36H,10-11,13,15,31H2,(H2,32,35)/t22-/m0/s1. The lowest BCUT2D eigenvalue weighted by atomic mass is 10.00. The summed E-state index contributed by atoms with van der Waals surface area (Å²) in [5, 5.41) is 22.8. The minimum atomic E-state index is -1.09. The molecule has 0 saturated carbocycles. The SMILES string of the molecule is [C-]#[N+]c1c(N)nc(SCc2csc(-c3ccc(Cl)cc3)n2)c(C#N)c1-c1ccc(OCCOC(=O)[C@@H](N)CO)cc1. The predicted molar refractivity (Wildman–Crippen MR) is 159 cm³/mol. The first-order chi connectivity index (χ1) is 19.8. The Morgan fingerprint density at radius 2 is 1.88 bits per heavy atom. The van der Waals surface area contributed by atoms with E-state index < -0.39 is 18.6 Å². The van der Waals surface area contributed by atoms with E-state index >= 15 is 0 Å². The topological polar surface area (TPSA) is 162 Å². The number of nitrogens with two attached hydrogens (primary N) is 2. The minimum Gasteiger partial charge on any atom is -0.490 e. The molecule has 0 amide bonds. The van der Waals surface area contributed by atoms with Crippen LogP contribution in [0.4, 0.5) is 11.5 Å².